The lowest BCUT2D eigenvalue weighted by molar-refractivity contribution is 0.569. The van der Waals surface area contributed by atoms with E-state index in [4.69, 9.17) is 0 Å². The molecule has 0 saturated heterocycles. The Morgan fingerprint density at radius 1 is 1.38 bits per heavy atom. The largest absolute Gasteiger partial charge is 0.240 e. The lowest BCUT2D eigenvalue weighted by Crippen LogP contribution is -2.08. The van der Waals surface area contributed by atoms with Crippen molar-refractivity contribution < 1.29 is 0 Å². The average Bonchev–Trinajstić information content (AvgIpc) is 2.65. The van der Waals surface area contributed by atoms with Crippen molar-refractivity contribution in [3.8, 4) is 0 Å². The first-order chi connectivity index (χ1) is 7.66. The summed E-state index contributed by atoms with van der Waals surface area (Å²) in [5.41, 5.74) is 2.24. The summed E-state index contributed by atoms with van der Waals surface area (Å²) in [6.45, 7) is 4.49. The fourth-order valence-electron chi connectivity index (χ4n) is 1.79. The Labute approximate surface area is 108 Å². The second kappa shape index (κ2) is 5.23. The molecule has 0 aliphatic carbocycles. The predicted octanol–water partition coefficient (Wildman–Crippen LogP) is 4.04. The molecular formula is C12H15BrN2S. The van der Waals surface area contributed by atoms with E-state index in [2.05, 4.69) is 51.2 Å². The van der Waals surface area contributed by atoms with Crippen LogP contribution >= 0.6 is 27.3 Å². The molecule has 0 saturated carbocycles. The Morgan fingerprint density at radius 2 is 2.19 bits per heavy atom. The van der Waals surface area contributed by atoms with Crippen molar-refractivity contribution in [3.05, 3.63) is 23.5 Å². The fraction of sp³-hybridized carbons (Fsp3) is 0.500. The highest BCUT2D eigenvalue weighted by molar-refractivity contribution is 9.09. The minimum absolute atomic E-state index is 0.507. The molecule has 2 aromatic heterocycles. The first-order valence-electron chi connectivity index (χ1n) is 5.48. The molecule has 86 valence electrons. The van der Waals surface area contributed by atoms with E-state index in [1.54, 1.807) is 17.7 Å². The maximum Gasteiger partial charge on any atom is 0.116 e. The summed E-state index contributed by atoms with van der Waals surface area (Å²) in [5, 5.41) is 2.08. The van der Waals surface area contributed by atoms with E-state index in [1.165, 1.54) is 16.8 Å². The molecule has 0 aliphatic heterocycles. The monoisotopic (exact) mass is 298 g/mol. The van der Waals surface area contributed by atoms with E-state index in [0.29, 0.717) is 10.7 Å². The van der Waals surface area contributed by atoms with E-state index >= 15 is 0 Å². The van der Waals surface area contributed by atoms with E-state index in [9.17, 15) is 0 Å². The number of thiophene rings is 1. The van der Waals surface area contributed by atoms with Crippen LogP contribution < -0.4 is 0 Å². The third-order valence-corrected chi connectivity index (χ3v) is 4.11. The van der Waals surface area contributed by atoms with Crippen LogP contribution in [0.3, 0.4) is 0 Å². The van der Waals surface area contributed by atoms with Crippen LogP contribution in [0.25, 0.3) is 10.2 Å². The zero-order valence-corrected chi connectivity index (χ0v) is 11.9. The lowest BCUT2D eigenvalue weighted by atomic mass is 10.1. The topological polar surface area (TPSA) is 25.8 Å². The maximum absolute atomic E-state index is 4.40. The van der Waals surface area contributed by atoms with Gasteiger partial charge in [-0.05, 0) is 23.8 Å². The molecule has 0 N–H and O–H groups in total. The predicted molar refractivity (Wildman–Crippen MR) is 73.3 cm³/mol. The number of nitrogens with zero attached hydrogens (tertiary/aromatic N) is 2. The molecule has 1 unspecified atom stereocenters. The summed E-state index contributed by atoms with van der Waals surface area (Å²) >= 11 is 5.46. The summed E-state index contributed by atoms with van der Waals surface area (Å²) in [6, 6.07) is 2.05. The van der Waals surface area contributed by atoms with Crippen LogP contribution in [0, 0.1) is 5.92 Å². The lowest BCUT2D eigenvalue weighted by Gasteiger charge is -2.11. The Bertz CT molecular complexity index is 467. The minimum atomic E-state index is 0.507. The Morgan fingerprint density at radius 3 is 2.94 bits per heavy atom. The molecule has 1 atom stereocenters. The van der Waals surface area contributed by atoms with Crippen molar-refractivity contribution in [2.75, 3.05) is 0 Å². The molecule has 0 spiro atoms. The van der Waals surface area contributed by atoms with Crippen LogP contribution in [-0.2, 0) is 6.42 Å². The first kappa shape index (κ1) is 12.0. The van der Waals surface area contributed by atoms with Gasteiger partial charge in [0.1, 0.15) is 6.33 Å². The van der Waals surface area contributed by atoms with Gasteiger partial charge in [-0.25, -0.2) is 9.97 Å². The first-order valence-corrected chi connectivity index (χ1v) is 7.27. The van der Waals surface area contributed by atoms with Crippen molar-refractivity contribution >= 4 is 37.5 Å². The van der Waals surface area contributed by atoms with E-state index in [1.807, 2.05) is 0 Å². The summed E-state index contributed by atoms with van der Waals surface area (Å²) in [4.78, 5) is 9.16. The number of hydrogen-bond donors (Lipinski definition) is 0. The van der Waals surface area contributed by atoms with Gasteiger partial charge in [-0.1, -0.05) is 29.8 Å². The zero-order chi connectivity index (χ0) is 11.5. The van der Waals surface area contributed by atoms with Gasteiger partial charge in [0.25, 0.3) is 0 Å². The van der Waals surface area contributed by atoms with E-state index in [0.717, 1.165) is 11.9 Å². The summed E-state index contributed by atoms with van der Waals surface area (Å²) < 4.78 is 1.23. The normalized spacial score (nSPS) is 13.5. The quantitative estimate of drug-likeness (QED) is 0.796. The second-order valence-corrected chi connectivity index (χ2v) is 6.60. The van der Waals surface area contributed by atoms with Gasteiger partial charge in [0, 0.05) is 11.2 Å². The maximum atomic E-state index is 4.40. The van der Waals surface area contributed by atoms with Crippen LogP contribution in [0.15, 0.2) is 17.8 Å². The molecule has 16 heavy (non-hydrogen) atoms. The molecule has 0 bridgehead atoms. The van der Waals surface area contributed by atoms with E-state index in [-0.39, 0.29) is 0 Å². The number of rotatable bonds is 4. The van der Waals surface area contributed by atoms with Crippen LogP contribution in [0.4, 0.5) is 0 Å². The van der Waals surface area contributed by atoms with Crippen LogP contribution in [-0.4, -0.2) is 14.8 Å². The summed E-state index contributed by atoms with van der Waals surface area (Å²) in [7, 11) is 0. The third-order valence-electron chi connectivity index (χ3n) is 2.46. The third kappa shape index (κ3) is 2.80. The van der Waals surface area contributed by atoms with E-state index < -0.39 is 0 Å². The number of alkyl halides is 1. The molecule has 0 aliphatic rings. The Balaban J connectivity index is 2.17. The van der Waals surface area contributed by atoms with Crippen molar-refractivity contribution in [3.63, 3.8) is 0 Å². The highest BCUT2D eigenvalue weighted by Crippen LogP contribution is 2.25. The fourth-order valence-corrected chi connectivity index (χ4v) is 3.69. The standard InChI is InChI=1S/C12H15BrN2S/c1-8(2)5-9(13)6-11-12-10(3-4-16-12)14-7-15-11/h3-4,7-9H,5-6H2,1-2H3. The van der Waals surface area contributed by atoms with Gasteiger partial charge in [-0.3, -0.25) is 0 Å². The number of hydrogen-bond acceptors (Lipinski definition) is 3. The zero-order valence-electron chi connectivity index (χ0n) is 9.48. The van der Waals surface area contributed by atoms with Gasteiger partial charge in [-0.2, -0.15) is 0 Å². The molecule has 2 rings (SSSR count). The number of halogens is 1. The van der Waals surface area contributed by atoms with Gasteiger partial charge < -0.3 is 0 Å². The van der Waals surface area contributed by atoms with Crippen molar-refractivity contribution in [2.24, 2.45) is 5.92 Å². The number of fused-ring (bicyclic) bond motifs is 1. The molecule has 0 amide bonds. The van der Waals surface area contributed by atoms with Gasteiger partial charge in [-0.15, -0.1) is 11.3 Å². The molecular weight excluding hydrogens is 284 g/mol. The Hall–Kier alpha value is -0.480. The molecule has 4 heteroatoms. The Kier molecular flexibility index (Phi) is 3.92. The van der Waals surface area contributed by atoms with Crippen LogP contribution in [0.1, 0.15) is 26.0 Å². The molecule has 2 heterocycles. The SMILES string of the molecule is CC(C)CC(Br)Cc1ncnc2ccsc12. The second-order valence-electron chi connectivity index (χ2n) is 4.39. The van der Waals surface area contributed by atoms with Crippen molar-refractivity contribution in [1.82, 2.24) is 9.97 Å². The van der Waals surface area contributed by atoms with Gasteiger partial charge in [0.2, 0.25) is 0 Å². The molecule has 0 radical (unpaired) electrons. The summed E-state index contributed by atoms with van der Waals surface area (Å²) in [5.74, 6) is 0.713. The molecule has 2 aromatic rings. The molecule has 2 nitrogen and oxygen atoms in total. The van der Waals surface area contributed by atoms with Crippen LogP contribution in [0.2, 0.25) is 0 Å². The number of aromatic nitrogens is 2. The average molecular weight is 299 g/mol. The van der Waals surface area contributed by atoms with Crippen LogP contribution in [0.5, 0.6) is 0 Å². The highest BCUT2D eigenvalue weighted by Gasteiger charge is 2.12. The van der Waals surface area contributed by atoms with Crippen molar-refractivity contribution in [1.29, 1.82) is 0 Å². The highest BCUT2D eigenvalue weighted by atomic mass is 79.9. The molecule has 0 aromatic carbocycles. The van der Waals surface area contributed by atoms with Gasteiger partial charge >= 0.3 is 0 Å². The molecule has 0 fully saturated rings. The smallest absolute Gasteiger partial charge is 0.116 e. The van der Waals surface area contributed by atoms with Gasteiger partial charge in [0.15, 0.2) is 0 Å². The summed E-state index contributed by atoms with van der Waals surface area (Å²) in [6.07, 6.45) is 3.83. The minimum Gasteiger partial charge on any atom is -0.240 e. The van der Waals surface area contributed by atoms with Crippen molar-refractivity contribution in [2.45, 2.75) is 31.5 Å². The van der Waals surface area contributed by atoms with Gasteiger partial charge in [0.05, 0.1) is 15.9 Å².